The van der Waals surface area contributed by atoms with Crippen LogP contribution in [0.25, 0.3) is 0 Å². The highest BCUT2D eigenvalue weighted by molar-refractivity contribution is 5.94. The van der Waals surface area contributed by atoms with Gasteiger partial charge < -0.3 is 20.2 Å². The number of carboxylic acid groups (broad SMARTS) is 1. The van der Waals surface area contributed by atoms with E-state index in [-0.39, 0.29) is 24.4 Å². The molecule has 0 aromatic heterocycles. The third kappa shape index (κ3) is 6.64. The Bertz CT molecular complexity index is 655. The van der Waals surface area contributed by atoms with Gasteiger partial charge in [-0.3, -0.25) is 14.4 Å². The second-order valence-electron chi connectivity index (χ2n) is 7.45. The van der Waals surface area contributed by atoms with E-state index < -0.39 is 5.97 Å². The number of amides is 2. The second-order valence-corrected chi connectivity index (χ2v) is 7.45. The van der Waals surface area contributed by atoms with Crippen LogP contribution in [0.1, 0.15) is 32.3 Å². The maximum Gasteiger partial charge on any atom is 0.300 e. The molecule has 7 heteroatoms. The number of piperazine rings is 1. The molecule has 2 aliphatic heterocycles. The largest absolute Gasteiger partial charge is 0.481 e. The number of nitrogens with zero attached hydrogens (tertiary/aromatic N) is 2. The Morgan fingerprint density at radius 2 is 1.93 bits per heavy atom. The maximum atomic E-state index is 12.7. The molecule has 0 spiro atoms. The minimum Gasteiger partial charge on any atom is -0.481 e. The first-order valence-electron chi connectivity index (χ1n) is 9.91. The van der Waals surface area contributed by atoms with Crippen LogP contribution in [0.2, 0.25) is 0 Å². The van der Waals surface area contributed by atoms with Gasteiger partial charge >= 0.3 is 0 Å². The summed E-state index contributed by atoms with van der Waals surface area (Å²) >= 11 is 0. The lowest BCUT2D eigenvalue weighted by Gasteiger charge is -2.41. The monoisotopic (exact) mass is 389 g/mol. The van der Waals surface area contributed by atoms with Gasteiger partial charge in [-0.2, -0.15) is 0 Å². The molecule has 7 nitrogen and oxygen atoms in total. The SMILES string of the molecule is CC(=O)O.C[C@H]1C(=O)N(CCc2ccccc2)CC(=O)N1C[C@H]1CCCNC1. The van der Waals surface area contributed by atoms with Crippen molar-refractivity contribution in [2.75, 3.05) is 32.7 Å². The van der Waals surface area contributed by atoms with E-state index in [2.05, 4.69) is 17.4 Å². The quantitative estimate of drug-likeness (QED) is 0.794. The van der Waals surface area contributed by atoms with Gasteiger partial charge in [-0.1, -0.05) is 30.3 Å². The number of aliphatic carboxylic acids is 1. The summed E-state index contributed by atoms with van der Waals surface area (Å²) in [5.41, 5.74) is 1.20. The molecule has 2 atom stereocenters. The second kappa shape index (κ2) is 10.8. The van der Waals surface area contributed by atoms with Crippen molar-refractivity contribution in [2.45, 2.75) is 39.2 Å². The molecule has 0 bridgehead atoms. The van der Waals surface area contributed by atoms with Gasteiger partial charge in [0.25, 0.3) is 5.97 Å². The molecule has 0 unspecified atom stereocenters. The van der Waals surface area contributed by atoms with Gasteiger partial charge in [0.2, 0.25) is 11.8 Å². The van der Waals surface area contributed by atoms with Crippen LogP contribution in [0.3, 0.4) is 0 Å². The summed E-state index contributed by atoms with van der Waals surface area (Å²) in [6.07, 6.45) is 3.08. The summed E-state index contributed by atoms with van der Waals surface area (Å²) in [6, 6.07) is 9.76. The first-order chi connectivity index (χ1) is 13.4. The van der Waals surface area contributed by atoms with Gasteiger partial charge in [0.05, 0.1) is 6.54 Å². The number of carboxylic acids is 1. The molecule has 0 saturated carbocycles. The molecule has 1 aromatic rings. The lowest BCUT2D eigenvalue weighted by Crippen LogP contribution is -2.60. The fourth-order valence-corrected chi connectivity index (χ4v) is 3.66. The van der Waals surface area contributed by atoms with E-state index in [1.165, 1.54) is 5.56 Å². The molecule has 154 valence electrons. The molecule has 2 saturated heterocycles. The molecule has 0 aliphatic carbocycles. The van der Waals surface area contributed by atoms with Crippen molar-refractivity contribution in [3.63, 3.8) is 0 Å². The van der Waals surface area contributed by atoms with Gasteiger partial charge in [0, 0.05) is 20.0 Å². The number of hydrogen-bond donors (Lipinski definition) is 2. The first kappa shape index (κ1) is 21.9. The van der Waals surface area contributed by atoms with Crippen LogP contribution in [-0.4, -0.2) is 71.5 Å². The van der Waals surface area contributed by atoms with E-state index in [0.29, 0.717) is 19.0 Å². The molecular weight excluding hydrogens is 358 g/mol. The maximum absolute atomic E-state index is 12.7. The fraction of sp³-hybridized carbons (Fsp3) is 0.571. The summed E-state index contributed by atoms with van der Waals surface area (Å²) < 4.78 is 0. The van der Waals surface area contributed by atoms with Crippen molar-refractivity contribution in [3.8, 4) is 0 Å². The van der Waals surface area contributed by atoms with Crippen LogP contribution in [0.4, 0.5) is 0 Å². The molecule has 0 radical (unpaired) electrons. The molecule has 2 aliphatic rings. The molecule has 2 N–H and O–H groups in total. The van der Waals surface area contributed by atoms with Crippen molar-refractivity contribution in [1.82, 2.24) is 15.1 Å². The van der Waals surface area contributed by atoms with Gasteiger partial charge in [-0.15, -0.1) is 0 Å². The number of rotatable bonds is 5. The van der Waals surface area contributed by atoms with Gasteiger partial charge in [0.1, 0.15) is 6.04 Å². The minimum absolute atomic E-state index is 0.0781. The average molecular weight is 389 g/mol. The molecule has 3 rings (SSSR count). The summed E-state index contributed by atoms with van der Waals surface area (Å²) in [5, 5.41) is 10.8. The third-order valence-corrected chi connectivity index (χ3v) is 5.15. The smallest absolute Gasteiger partial charge is 0.300 e. The average Bonchev–Trinajstić information content (AvgIpc) is 2.68. The zero-order valence-corrected chi connectivity index (χ0v) is 16.8. The van der Waals surface area contributed by atoms with Crippen LogP contribution in [-0.2, 0) is 20.8 Å². The highest BCUT2D eigenvalue weighted by Gasteiger charge is 2.37. The molecule has 1 aromatic carbocycles. The Balaban J connectivity index is 0.000000640. The number of carbonyl (C=O) groups is 3. The highest BCUT2D eigenvalue weighted by atomic mass is 16.4. The number of benzene rings is 1. The van der Waals surface area contributed by atoms with Crippen LogP contribution >= 0.6 is 0 Å². The highest BCUT2D eigenvalue weighted by Crippen LogP contribution is 2.18. The first-order valence-corrected chi connectivity index (χ1v) is 9.91. The number of nitrogens with one attached hydrogen (secondary N) is 1. The van der Waals surface area contributed by atoms with E-state index in [1.54, 1.807) is 9.80 Å². The molecule has 2 amide bonds. The Labute approximate surface area is 166 Å². The fourth-order valence-electron chi connectivity index (χ4n) is 3.66. The minimum atomic E-state index is -0.833. The zero-order chi connectivity index (χ0) is 20.5. The summed E-state index contributed by atoms with van der Waals surface area (Å²) in [4.78, 5) is 37.7. The zero-order valence-electron chi connectivity index (χ0n) is 16.8. The topological polar surface area (TPSA) is 90.0 Å². The Morgan fingerprint density at radius 3 is 2.54 bits per heavy atom. The van der Waals surface area contributed by atoms with E-state index in [4.69, 9.17) is 9.90 Å². The van der Waals surface area contributed by atoms with Crippen molar-refractivity contribution in [2.24, 2.45) is 5.92 Å². The molecular formula is C21H31N3O4. The lowest BCUT2D eigenvalue weighted by atomic mass is 9.97. The standard InChI is InChI=1S/C19H27N3O2.C2H4O2/c1-15-19(24)21(11-9-16-6-3-2-4-7-16)14-18(23)22(15)13-17-8-5-10-20-12-17;1-2(3)4/h2-4,6-7,15,17,20H,5,8-14H2,1H3;1H3,(H,3,4)/t15-,17-;/m0./s1. The predicted molar refractivity (Wildman–Crippen MR) is 107 cm³/mol. The van der Waals surface area contributed by atoms with Gasteiger partial charge in [-0.25, -0.2) is 0 Å². The van der Waals surface area contributed by atoms with Crippen LogP contribution in [0, 0.1) is 5.92 Å². The predicted octanol–water partition coefficient (Wildman–Crippen LogP) is 1.38. The Hall–Kier alpha value is -2.41. The van der Waals surface area contributed by atoms with Crippen molar-refractivity contribution < 1.29 is 19.5 Å². The number of piperidine rings is 1. The summed E-state index contributed by atoms with van der Waals surface area (Å²) in [5.74, 6) is -0.205. The van der Waals surface area contributed by atoms with Gasteiger partial charge in [-0.05, 0) is 50.8 Å². The van der Waals surface area contributed by atoms with Crippen molar-refractivity contribution in [3.05, 3.63) is 35.9 Å². The molecule has 2 fully saturated rings. The van der Waals surface area contributed by atoms with Crippen LogP contribution in [0.5, 0.6) is 0 Å². The normalized spacial score (nSPS) is 22.5. The number of carbonyl (C=O) groups excluding carboxylic acids is 2. The van der Waals surface area contributed by atoms with E-state index >= 15 is 0 Å². The van der Waals surface area contributed by atoms with Crippen molar-refractivity contribution in [1.29, 1.82) is 0 Å². The lowest BCUT2D eigenvalue weighted by molar-refractivity contribution is -0.155. The third-order valence-electron chi connectivity index (χ3n) is 5.15. The van der Waals surface area contributed by atoms with Gasteiger partial charge in [0.15, 0.2) is 0 Å². The summed E-state index contributed by atoms with van der Waals surface area (Å²) in [6.45, 7) is 6.49. The Kier molecular flexibility index (Phi) is 8.44. The van der Waals surface area contributed by atoms with E-state index in [1.807, 2.05) is 25.1 Å². The van der Waals surface area contributed by atoms with Crippen molar-refractivity contribution >= 4 is 17.8 Å². The molecule has 2 heterocycles. The van der Waals surface area contributed by atoms with E-state index in [9.17, 15) is 9.59 Å². The summed E-state index contributed by atoms with van der Waals surface area (Å²) in [7, 11) is 0. The van der Waals surface area contributed by atoms with Crippen LogP contribution < -0.4 is 5.32 Å². The number of hydrogen-bond acceptors (Lipinski definition) is 4. The molecule has 28 heavy (non-hydrogen) atoms. The van der Waals surface area contributed by atoms with E-state index in [0.717, 1.165) is 39.3 Å². The van der Waals surface area contributed by atoms with Crippen LogP contribution in [0.15, 0.2) is 30.3 Å². The Morgan fingerprint density at radius 1 is 1.25 bits per heavy atom.